The zero-order valence-corrected chi connectivity index (χ0v) is 8.01. The van der Waals surface area contributed by atoms with Crippen LogP contribution in [0.2, 0.25) is 0 Å². The van der Waals surface area contributed by atoms with Gasteiger partial charge in [0.15, 0.2) is 0 Å². The number of alkyl halides is 3. The number of pyridine rings is 1. The van der Waals surface area contributed by atoms with Crippen molar-refractivity contribution in [1.29, 1.82) is 0 Å². The van der Waals surface area contributed by atoms with Crippen molar-refractivity contribution in [3.8, 4) is 0 Å². The van der Waals surface area contributed by atoms with Gasteiger partial charge in [-0.3, -0.25) is 4.98 Å². The van der Waals surface area contributed by atoms with Crippen molar-refractivity contribution in [2.45, 2.75) is 12.6 Å². The Kier molecular flexibility index (Phi) is 3.47. The predicted octanol–water partition coefficient (Wildman–Crippen LogP) is 2.46. The molecule has 1 rings (SSSR count). The number of rotatable bonds is 3. The first kappa shape index (κ1) is 11.7. The van der Waals surface area contributed by atoms with Gasteiger partial charge in [-0.25, -0.2) is 0 Å². The molecule has 1 aromatic heterocycles. The van der Waals surface area contributed by atoms with Gasteiger partial charge in [0.05, 0.1) is 11.3 Å². The van der Waals surface area contributed by atoms with Crippen molar-refractivity contribution < 1.29 is 13.2 Å². The Labute approximate surface area is 85.6 Å². The highest BCUT2D eigenvalue weighted by molar-refractivity contribution is 5.63. The fourth-order valence-electron chi connectivity index (χ4n) is 1.21. The molecule has 82 valence electrons. The van der Waals surface area contributed by atoms with Crippen LogP contribution in [0.25, 0.3) is 5.57 Å². The monoisotopic (exact) mass is 216 g/mol. The van der Waals surface area contributed by atoms with Crippen molar-refractivity contribution in [3.63, 3.8) is 0 Å². The first-order chi connectivity index (χ1) is 6.96. The number of nitrogens with zero attached hydrogens (tertiary/aromatic N) is 1. The maximum absolute atomic E-state index is 12.5. The van der Waals surface area contributed by atoms with Crippen LogP contribution in [0.4, 0.5) is 13.2 Å². The lowest BCUT2D eigenvalue weighted by atomic mass is 10.0. The highest BCUT2D eigenvalue weighted by atomic mass is 19.4. The fourth-order valence-corrected chi connectivity index (χ4v) is 1.21. The summed E-state index contributed by atoms with van der Waals surface area (Å²) in [4.78, 5) is 3.69. The van der Waals surface area contributed by atoms with Gasteiger partial charge in [-0.2, -0.15) is 13.2 Å². The molecule has 2 nitrogen and oxygen atoms in total. The second-order valence-electron chi connectivity index (χ2n) is 3.04. The van der Waals surface area contributed by atoms with Crippen LogP contribution in [0, 0.1) is 0 Å². The third-order valence-electron chi connectivity index (χ3n) is 1.89. The summed E-state index contributed by atoms with van der Waals surface area (Å²) in [5, 5.41) is 0. The average Bonchev–Trinajstić information content (AvgIpc) is 2.17. The zero-order chi connectivity index (χ0) is 11.5. The van der Waals surface area contributed by atoms with Crippen molar-refractivity contribution in [2.75, 3.05) is 6.54 Å². The van der Waals surface area contributed by atoms with Crippen molar-refractivity contribution in [1.82, 2.24) is 4.98 Å². The van der Waals surface area contributed by atoms with Gasteiger partial charge in [0.2, 0.25) is 0 Å². The summed E-state index contributed by atoms with van der Waals surface area (Å²) >= 11 is 0. The summed E-state index contributed by atoms with van der Waals surface area (Å²) in [6, 6.07) is 2.24. The zero-order valence-electron chi connectivity index (χ0n) is 8.01. The second kappa shape index (κ2) is 4.44. The molecule has 0 fully saturated rings. The van der Waals surface area contributed by atoms with Gasteiger partial charge >= 0.3 is 6.18 Å². The lowest BCUT2D eigenvalue weighted by molar-refractivity contribution is -0.138. The molecule has 1 aromatic rings. The van der Waals surface area contributed by atoms with E-state index in [1.807, 2.05) is 0 Å². The van der Waals surface area contributed by atoms with Crippen LogP contribution in [0.15, 0.2) is 24.9 Å². The van der Waals surface area contributed by atoms with Gasteiger partial charge < -0.3 is 5.73 Å². The van der Waals surface area contributed by atoms with Crippen molar-refractivity contribution >= 4 is 5.57 Å². The van der Waals surface area contributed by atoms with Crippen LogP contribution in [0.3, 0.4) is 0 Å². The molecule has 1 heterocycles. The highest BCUT2D eigenvalue weighted by Gasteiger charge is 2.34. The Hall–Kier alpha value is -1.36. The lowest BCUT2D eigenvalue weighted by Crippen LogP contribution is -2.11. The Bertz CT molecular complexity index is 358. The molecule has 0 aromatic carbocycles. The maximum atomic E-state index is 12.5. The van der Waals surface area contributed by atoms with Gasteiger partial charge in [-0.05, 0) is 30.7 Å². The van der Waals surface area contributed by atoms with E-state index >= 15 is 0 Å². The highest BCUT2D eigenvalue weighted by Crippen LogP contribution is 2.33. The fraction of sp³-hybridized carbons (Fsp3) is 0.300. The van der Waals surface area contributed by atoms with Gasteiger partial charge in [0.25, 0.3) is 0 Å². The van der Waals surface area contributed by atoms with Crippen LogP contribution in [0.5, 0.6) is 0 Å². The van der Waals surface area contributed by atoms with Gasteiger partial charge in [-0.15, -0.1) is 0 Å². The summed E-state index contributed by atoms with van der Waals surface area (Å²) < 4.78 is 37.6. The van der Waals surface area contributed by atoms with E-state index in [-0.39, 0.29) is 12.2 Å². The molecule has 0 aliphatic heterocycles. The molecule has 0 radical (unpaired) electrons. The van der Waals surface area contributed by atoms with E-state index in [2.05, 4.69) is 11.6 Å². The van der Waals surface area contributed by atoms with Gasteiger partial charge in [0.1, 0.15) is 0 Å². The number of halogens is 3. The van der Waals surface area contributed by atoms with E-state index in [0.717, 1.165) is 6.07 Å². The van der Waals surface area contributed by atoms with E-state index in [9.17, 15) is 13.2 Å². The van der Waals surface area contributed by atoms with E-state index in [0.29, 0.717) is 12.0 Å². The molecule has 0 aliphatic rings. The van der Waals surface area contributed by atoms with E-state index in [4.69, 9.17) is 5.73 Å². The van der Waals surface area contributed by atoms with Gasteiger partial charge in [-0.1, -0.05) is 6.58 Å². The van der Waals surface area contributed by atoms with Crippen molar-refractivity contribution in [2.24, 2.45) is 5.73 Å². The molecule has 15 heavy (non-hydrogen) atoms. The third kappa shape index (κ3) is 2.79. The van der Waals surface area contributed by atoms with Crippen LogP contribution in [-0.2, 0) is 6.18 Å². The molecule has 2 N–H and O–H groups in total. The molecule has 0 amide bonds. The molecular formula is C10H11F3N2. The second-order valence-corrected chi connectivity index (χ2v) is 3.04. The summed E-state index contributed by atoms with van der Waals surface area (Å²) in [5.74, 6) is 0. The maximum Gasteiger partial charge on any atom is 0.418 e. The predicted molar refractivity (Wildman–Crippen MR) is 51.9 cm³/mol. The molecule has 0 aliphatic carbocycles. The third-order valence-corrected chi connectivity index (χ3v) is 1.89. The normalized spacial score (nSPS) is 11.5. The summed E-state index contributed by atoms with van der Waals surface area (Å²) in [5.41, 5.74) is 4.69. The van der Waals surface area contributed by atoms with E-state index in [1.54, 1.807) is 0 Å². The van der Waals surface area contributed by atoms with Gasteiger partial charge in [0, 0.05) is 6.20 Å². The first-order valence-electron chi connectivity index (χ1n) is 4.37. The number of nitrogens with two attached hydrogens (primary N) is 1. The summed E-state index contributed by atoms with van der Waals surface area (Å²) in [6.07, 6.45) is -2.78. The minimum atomic E-state index is -4.40. The van der Waals surface area contributed by atoms with Crippen LogP contribution in [-0.4, -0.2) is 11.5 Å². The Balaban J connectivity index is 3.12. The summed E-state index contributed by atoms with van der Waals surface area (Å²) in [6.45, 7) is 3.80. The quantitative estimate of drug-likeness (QED) is 0.842. The Morgan fingerprint density at radius 1 is 1.47 bits per heavy atom. The molecule has 0 saturated heterocycles. The standard InChI is InChI=1S/C10H11F3N2/c1-7(4-5-14)9-8(10(11,12)13)3-2-6-15-9/h2-3,6H,1,4-5,14H2. The first-order valence-corrected chi connectivity index (χ1v) is 4.37. The minimum absolute atomic E-state index is 0.115. The van der Waals surface area contributed by atoms with E-state index in [1.165, 1.54) is 12.3 Å². The SMILES string of the molecule is C=C(CCN)c1ncccc1C(F)(F)F. The van der Waals surface area contributed by atoms with Crippen LogP contribution >= 0.6 is 0 Å². The number of hydrogen-bond donors (Lipinski definition) is 1. The number of aromatic nitrogens is 1. The van der Waals surface area contributed by atoms with Crippen molar-refractivity contribution in [3.05, 3.63) is 36.2 Å². The molecule has 0 atom stereocenters. The lowest BCUT2D eigenvalue weighted by Gasteiger charge is -2.12. The Morgan fingerprint density at radius 3 is 2.67 bits per heavy atom. The smallest absolute Gasteiger partial charge is 0.330 e. The topological polar surface area (TPSA) is 38.9 Å². The minimum Gasteiger partial charge on any atom is -0.330 e. The molecule has 0 bridgehead atoms. The molecule has 0 spiro atoms. The summed E-state index contributed by atoms with van der Waals surface area (Å²) in [7, 11) is 0. The van der Waals surface area contributed by atoms with Crippen LogP contribution < -0.4 is 5.73 Å². The average molecular weight is 216 g/mol. The molecule has 0 saturated carbocycles. The number of hydrogen-bond acceptors (Lipinski definition) is 2. The molecule has 5 heteroatoms. The van der Waals surface area contributed by atoms with Crippen LogP contribution in [0.1, 0.15) is 17.7 Å². The largest absolute Gasteiger partial charge is 0.418 e. The van der Waals surface area contributed by atoms with E-state index < -0.39 is 11.7 Å². The molecule has 0 unspecified atom stereocenters. The Morgan fingerprint density at radius 2 is 2.13 bits per heavy atom. The molecular weight excluding hydrogens is 205 g/mol.